The molecule has 2 aromatic rings. The largest absolute Gasteiger partial charge is 0.397 e. The summed E-state index contributed by atoms with van der Waals surface area (Å²) in [5.41, 5.74) is 9.68. The van der Waals surface area contributed by atoms with E-state index in [0.717, 1.165) is 16.9 Å². The second kappa shape index (κ2) is 6.71. The van der Waals surface area contributed by atoms with Gasteiger partial charge in [-0.3, -0.25) is 4.79 Å². The molecule has 0 atom stereocenters. The standard InChI is InChI=1S/C17H20ClN3O/c1-10(2)20-17(22)12-7-8-16(14(19)9-12)21-15-6-4-5-13(18)11(15)3/h4-10,21H,19H2,1-3H3,(H,20,22). The number of nitrogens with one attached hydrogen (secondary N) is 2. The minimum atomic E-state index is -0.132. The van der Waals surface area contributed by atoms with Gasteiger partial charge in [-0.1, -0.05) is 17.7 Å². The van der Waals surface area contributed by atoms with Gasteiger partial charge in [-0.2, -0.15) is 0 Å². The summed E-state index contributed by atoms with van der Waals surface area (Å²) in [5, 5.41) is 6.78. The zero-order valence-electron chi connectivity index (χ0n) is 12.9. The maximum Gasteiger partial charge on any atom is 0.251 e. The highest BCUT2D eigenvalue weighted by atomic mass is 35.5. The van der Waals surface area contributed by atoms with Crippen LogP contribution in [0.1, 0.15) is 29.8 Å². The molecule has 0 radical (unpaired) electrons. The second-order valence-electron chi connectivity index (χ2n) is 5.47. The number of rotatable bonds is 4. The molecule has 0 aliphatic rings. The van der Waals surface area contributed by atoms with E-state index in [2.05, 4.69) is 10.6 Å². The van der Waals surface area contributed by atoms with E-state index in [4.69, 9.17) is 17.3 Å². The molecule has 0 fully saturated rings. The lowest BCUT2D eigenvalue weighted by Gasteiger charge is -2.14. The molecule has 0 saturated heterocycles. The van der Waals surface area contributed by atoms with Gasteiger partial charge in [-0.15, -0.1) is 0 Å². The maximum absolute atomic E-state index is 12.0. The normalized spacial score (nSPS) is 10.6. The summed E-state index contributed by atoms with van der Waals surface area (Å²) in [5.74, 6) is -0.132. The van der Waals surface area contributed by atoms with Gasteiger partial charge in [0.2, 0.25) is 0 Å². The molecule has 1 amide bonds. The van der Waals surface area contributed by atoms with Crippen LogP contribution in [0.25, 0.3) is 0 Å². The molecular weight excluding hydrogens is 298 g/mol. The zero-order valence-corrected chi connectivity index (χ0v) is 13.7. The molecule has 4 N–H and O–H groups in total. The number of carbonyl (C=O) groups excluding carboxylic acids is 1. The van der Waals surface area contributed by atoms with Crippen molar-refractivity contribution in [3.63, 3.8) is 0 Å². The van der Waals surface area contributed by atoms with Crippen molar-refractivity contribution in [2.75, 3.05) is 11.1 Å². The first-order valence-corrected chi connectivity index (χ1v) is 7.49. The highest BCUT2D eigenvalue weighted by Gasteiger charge is 2.10. The van der Waals surface area contributed by atoms with Crippen molar-refractivity contribution in [2.45, 2.75) is 26.8 Å². The molecule has 0 aromatic heterocycles. The minimum absolute atomic E-state index is 0.0839. The SMILES string of the molecule is Cc1c(Cl)cccc1Nc1ccc(C(=O)NC(C)C)cc1N. The molecule has 2 aromatic carbocycles. The van der Waals surface area contributed by atoms with Gasteiger partial charge in [0.15, 0.2) is 0 Å². The number of nitrogen functional groups attached to an aromatic ring is 1. The first-order valence-electron chi connectivity index (χ1n) is 7.11. The number of amides is 1. The highest BCUT2D eigenvalue weighted by Crippen LogP contribution is 2.29. The maximum atomic E-state index is 12.0. The molecule has 0 saturated carbocycles. The van der Waals surface area contributed by atoms with Crippen LogP contribution >= 0.6 is 11.6 Å². The Labute approximate surface area is 135 Å². The Morgan fingerprint density at radius 1 is 1.18 bits per heavy atom. The first-order chi connectivity index (χ1) is 10.4. The second-order valence-corrected chi connectivity index (χ2v) is 5.87. The Balaban J connectivity index is 2.23. The van der Waals surface area contributed by atoms with Gasteiger partial charge in [0, 0.05) is 22.3 Å². The van der Waals surface area contributed by atoms with Crippen molar-refractivity contribution in [1.82, 2.24) is 5.32 Å². The van der Waals surface area contributed by atoms with Crippen LogP contribution in [0.2, 0.25) is 5.02 Å². The molecular formula is C17H20ClN3O. The fourth-order valence-electron chi connectivity index (χ4n) is 2.05. The molecule has 0 unspecified atom stereocenters. The Morgan fingerprint density at radius 3 is 2.55 bits per heavy atom. The van der Waals surface area contributed by atoms with E-state index in [1.807, 2.05) is 39.0 Å². The first kappa shape index (κ1) is 16.2. The lowest BCUT2D eigenvalue weighted by atomic mass is 10.1. The summed E-state index contributed by atoms with van der Waals surface area (Å²) in [4.78, 5) is 12.0. The average Bonchev–Trinajstić information content (AvgIpc) is 2.45. The molecule has 116 valence electrons. The Hall–Kier alpha value is -2.20. The predicted molar refractivity (Wildman–Crippen MR) is 92.9 cm³/mol. The van der Waals surface area contributed by atoms with E-state index in [0.29, 0.717) is 16.3 Å². The quantitative estimate of drug-likeness (QED) is 0.743. The lowest BCUT2D eigenvalue weighted by Crippen LogP contribution is -2.30. The van der Waals surface area contributed by atoms with Crippen molar-refractivity contribution < 1.29 is 4.79 Å². The van der Waals surface area contributed by atoms with Crippen LogP contribution in [0.3, 0.4) is 0 Å². The van der Waals surface area contributed by atoms with E-state index in [1.165, 1.54) is 0 Å². The monoisotopic (exact) mass is 317 g/mol. The smallest absolute Gasteiger partial charge is 0.251 e. The van der Waals surface area contributed by atoms with Crippen LogP contribution in [-0.4, -0.2) is 11.9 Å². The Bertz CT molecular complexity index is 698. The van der Waals surface area contributed by atoms with Gasteiger partial charge in [-0.25, -0.2) is 0 Å². The summed E-state index contributed by atoms with van der Waals surface area (Å²) in [7, 11) is 0. The number of benzene rings is 2. The topological polar surface area (TPSA) is 67.2 Å². The van der Waals surface area contributed by atoms with E-state index < -0.39 is 0 Å². The van der Waals surface area contributed by atoms with Crippen LogP contribution in [0.5, 0.6) is 0 Å². The molecule has 0 spiro atoms. The number of carbonyl (C=O) groups is 1. The van der Waals surface area contributed by atoms with E-state index in [-0.39, 0.29) is 11.9 Å². The average molecular weight is 318 g/mol. The van der Waals surface area contributed by atoms with Crippen LogP contribution < -0.4 is 16.4 Å². The van der Waals surface area contributed by atoms with Crippen molar-refractivity contribution in [3.8, 4) is 0 Å². The van der Waals surface area contributed by atoms with Gasteiger partial charge in [-0.05, 0) is 56.7 Å². The van der Waals surface area contributed by atoms with Gasteiger partial charge in [0.05, 0.1) is 11.4 Å². The summed E-state index contributed by atoms with van der Waals surface area (Å²) in [6.45, 7) is 5.77. The molecule has 0 heterocycles. The summed E-state index contributed by atoms with van der Waals surface area (Å²) >= 11 is 6.11. The van der Waals surface area contributed by atoms with Gasteiger partial charge in [0.1, 0.15) is 0 Å². The molecule has 5 heteroatoms. The number of hydrogen-bond donors (Lipinski definition) is 3. The van der Waals surface area contributed by atoms with Crippen LogP contribution in [-0.2, 0) is 0 Å². The fourth-order valence-corrected chi connectivity index (χ4v) is 2.23. The van der Waals surface area contributed by atoms with E-state index in [9.17, 15) is 4.79 Å². The molecule has 4 nitrogen and oxygen atoms in total. The molecule has 22 heavy (non-hydrogen) atoms. The number of nitrogens with two attached hydrogens (primary N) is 1. The highest BCUT2D eigenvalue weighted by molar-refractivity contribution is 6.31. The molecule has 2 rings (SSSR count). The number of halogens is 1. The van der Waals surface area contributed by atoms with Crippen molar-refractivity contribution in [3.05, 3.63) is 52.5 Å². The molecule has 0 aliphatic carbocycles. The minimum Gasteiger partial charge on any atom is -0.397 e. The zero-order chi connectivity index (χ0) is 16.3. The van der Waals surface area contributed by atoms with Crippen LogP contribution in [0.15, 0.2) is 36.4 Å². The third-order valence-corrected chi connectivity index (χ3v) is 3.68. The van der Waals surface area contributed by atoms with Crippen molar-refractivity contribution in [2.24, 2.45) is 0 Å². The van der Waals surface area contributed by atoms with E-state index >= 15 is 0 Å². The fraction of sp³-hybridized carbons (Fsp3) is 0.235. The third kappa shape index (κ3) is 3.71. The lowest BCUT2D eigenvalue weighted by molar-refractivity contribution is 0.0943. The summed E-state index contributed by atoms with van der Waals surface area (Å²) in [6.07, 6.45) is 0. The van der Waals surface area contributed by atoms with Gasteiger partial charge >= 0.3 is 0 Å². The van der Waals surface area contributed by atoms with Crippen molar-refractivity contribution in [1.29, 1.82) is 0 Å². The number of anilines is 3. The predicted octanol–water partition coefficient (Wildman–Crippen LogP) is 4.11. The number of hydrogen-bond acceptors (Lipinski definition) is 3. The van der Waals surface area contributed by atoms with Gasteiger partial charge in [0.25, 0.3) is 5.91 Å². The van der Waals surface area contributed by atoms with Gasteiger partial charge < -0.3 is 16.4 Å². The third-order valence-electron chi connectivity index (χ3n) is 3.27. The summed E-state index contributed by atoms with van der Waals surface area (Å²) in [6, 6.07) is 10.9. The Morgan fingerprint density at radius 2 is 1.91 bits per heavy atom. The van der Waals surface area contributed by atoms with Crippen LogP contribution in [0.4, 0.5) is 17.1 Å². The Kier molecular flexibility index (Phi) is 4.93. The molecule has 0 bridgehead atoms. The van der Waals surface area contributed by atoms with Crippen LogP contribution in [0, 0.1) is 6.92 Å². The van der Waals surface area contributed by atoms with Crippen molar-refractivity contribution >= 4 is 34.6 Å². The molecule has 0 aliphatic heterocycles. The van der Waals surface area contributed by atoms with E-state index in [1.54, 1.807) is 18.2 Å². The summed E-state index contributed by atoms with van der Waals surface area (Å²) < 4.78 is 0.